The molecule has 8 nitrogen and oxygen atoms in total. The van der Waals surface area contributed by atoms with E-state index < -0.39 is 40.7 Å². The van der Waals surface area contributed by atoms with Crippen LogP contribution >= 0.6 is 0 Å². The minimum absolute atomic E-state index is 0.0301. The number of nitrogens with zero attached hydrogens (tertiary/aromatic N) is 1. The maximum atomic E-state index is 13.2. The number of amides is 1. The molecule has 1 aromatic carbocycles. The van der Waals surface area contributed by atoms with Gasteiger partial charge in [0.15, 0.2) is 5.78 Å². The fourth-order valence-electron chi connectivity index (χ4n) is 3.89. The minimum Gasteiger partial charge on any atom is -0.485 e. The van der Waals surface area contributed by atoms with Crippen LogP contribution in [0.1, 0.15) is 50.9 Å². The highest BCUT2D eigenvalue weighted by atomic mass is 16.6. The van der Waals surface area contributed by atoms with Crippen LogP contribution in [0.5, 0.6) is 5.75 Å². The topological polar surface area (TPSA) is 99.2 Å². The molecule has 1 fully saturated rings. The smallest absolute Gasteiger partial charge is 0.410 e. The zero-order chi connectivity index (χ0) is 22.1. The average Bonchev–Trinajstić information content (AvgIpc) is 2.67. The molecule has 0 aromatic heterocycles. The molecule has 1 unspecified atom stereocenters. The van der Waals surface area contributed by atoms with Gasteiger partial charge in [-0.05, 0) is 39.8 Å². The van der Waals surface area contributed by atoms with Crippen molar-refractivity contribution in [2.24, 2.45) is 5.92 Å². The number of para-hydroxylation sites is 1. The Bertz CT molecular complexity index is 862. The van der Waals surface area contributed by atoms with Crippen molar-refractivity contribution in [1.82, 2.24) is 4.90 Å². The monoisotopic (exact) mass is 417 g/mol. The Labute approximate surface area is 175 Å². The zero-order valence-electron chi connectivity index (χ0n) is 17.7. The first kappa shape index (κ1) is 21.8. The lowest BCUT2D eigenvalue weighted by atomic mass is 9.71. The van der Waals surface area contributed by atoms with Crippen LogP contribution < -0.4 is 4.74 Å². The van der Waals surface area contributed by atoms with E-state index in [4.69, 9.17) is 14.2 Å². The molecule has 2 aliphatic heterocycles. The molecule has 2 aliphatic rings. The number of ketones is 2. The summed E-state index contributed by atoms with van der Waals surface area (Å²) < 4.78 is 16.5. The Kier molecular flexibility index (Phi) is 5.87. The van der Waals surface area contributed by atoms with E-state index >= 15 is 0 Å². The predicted octanol–water partition coefficient (Wildman–Crippen LogP) is 2.78. The SMILES string of the molecule is CCOC(=O)C(=O)C1C(=O)c2ccccc2OC12CCN(C(=O)OC(C)(C)C)CC2. The summed E-state index contributed by atoms with van der Waals surface area (Å²) >= 11 is 0. The molecular weight excluding hydrogens is 390 g/mol. The third-order valence-electron chi connectivity index (χ3n) is 5.25. The van der Waals surface area contributed by atoms with Gasteiger partial charge in [-0.2, -0.15) is 0 Å². The number of benzene rings is 1. The van der Waals surface area contributed by atoms with E-state index in [2.05, 4.69) is 0 Å². The standard InChI is InChI=1S/C22H27NO7/c1-5-28-19(26)18(25)16-17(24)14-8-6-7-9-15(14)29-22(16)10-12-23(13-11-22)20(27)30-21(2,3)4/h6-9,16H,5,10-13H2,1-4H3. The van der Waals surface area contributed by atoms with E-state index in [-0.39, 0.29) is 38.1 Å². The van der Waals surface area contributed by atoms with Crippen LogP contribution in [0.25, 0.3) is 0 Å². The number of esters is 1. The maximum absolute atomic E-state index is 13.2. The summed E-state index contributed by atoms with van der Waals surface area (Å²) in [5.41, 5.74) is -1.58. The van der Waals surface area contributed by atoms with Crippen molar-refractivity contribution >= 4 is 23.6 Å². The van der Waals surface area contributed by atoms with Crippen molar-refractivity contribution in [1.29, 1.82) is 0 Å². The molecule has 1 spiro atoms. The molecular formula is C22H27NO7. The highest BCUT2D eigenvalue weighted by Gasteiger charge is 2.56. The van der Waals surface area contributed by atoms with Crippen molar-refractivity contribution in [2.45, 2.75) is 51.7 Å². The Balaban J connectivity index is 1.89. The first-order valence-electron chi connectivity index (χ1n) is 10.1. The molecule has 0 N–H and O–H groups in total. The summed E-state index contributed by atoms with van der Waals surface area (Å²) in [5.74, 6) is -3.36. The molecule has 0 aliphatic carbocycles. The summed E-state index contributed by atoms with van der Waals surface area (Å²) in [6.07, 6.45) is -0.0438. The number of Topliss-reactive ketones (excluding diaryl/α,β-unsaturated/α-hetero) is 2. The number of hydrogen-bond acceptors (Lipinski definition) is 7. The molecule has 162 valence electrons. The molecule has 2 heterocycles. The fourth-order valence-corrected chi connectivity index (χ4v) is 3.89. The van der Waals surface area contributed by atoms with Gasteiger partial charge in [0.25, 0.3) is 5.78 Å². The number of hydrogen-bond donors (Lipinski definition) is 0. The quantitative estimate of drug-likeness (QED) is 0.424. The largest absolute Gasteiger partial charge is 0.485 e. The van der Waals surface area contributed by atoms with Gasteiger partial charge in [0.05, 0.1) is 12.2 Å². The van der Waals surface area contributed by atoms with Gasteiger partial charge in [-0.1, -0.05) is 12.1 Å². The lowest BCUT2D eigenvalue weighted by molar-refractivity contribution is -0.159. The van der Waals surface area contributed by atoms with Gasteiger partial charge in [0.1, 0.15) is 22.9 Å². The van der Waals surface area contributed by atoms with E-state index in [1.54, 1.807) is 52.0 Å². The summed E-state index contributed by atoms with van der Waals surface area (Å²) in [4.78, 5) is 52.3. The molecule has 0 saturated carbocycles. The van der Waals surface area contributed by atoms with Gasteiger partial charge in [-0.3, -0.25) is 9.59 Å². The van der Waals surface area contributed by atoms with E-state index in [9.17, 15) is 19.2 Å². The average molecular weight is 417 g/mol. The summed E-state index contributed by atoms with van der Waals surface area (Å²) in [5, 5.41) is 0. The first-order chi connectivity index (χ1) is 14.1. The van der Waals surface area contributed by atoms with Crippen molar-refractivity contribution in [2.75, 3.05) is 19.7 Å². The van der Waals surface area contributed by atoms with Crippen molar-refractivity contribution in [3.8, 4) is 5.75 Å². The molecule has 1 saturated heterocycles. The predicted molar refractivity (Wildman–Crippen MR) is 106 cm³/mol. The third kappa shape index (κ3) is 4.17. The van der Waals surface area contributed by atoms with Gasteiger partial charge < -0.3 is 19.1 Å². The highest BCUT2D eigenvalue weighted by molar-refractivity contribution is 6.40. The van der Waals surface area contributed by atoms with Crippen LogP contribution in [-0.4, -0.2) is 59.4 Å². The van der Waals surface area contributed by atoms with Crippen LogP contribution in [0, 0.1) is 5.92 Å². The molecule has 1 amide bonds. The van der Waals surface area contributed by atoms with Gasteiger partial charge in [0, 0.05) is 25.9 Å². The molecule has 1 aromatic rings. The molecule has 3 rings (SSSR count). The Morgan fingerprint density at radius 1 is 1.17 bits per heavy atom. The molecule has 30 heavy (non-hydrogen) atoms. The lowest BCUT2D eigenvalue weighted by Gasteiger charge is -2.47. The fraction of sp³-hybridized carbons (Fsp3) is 0.545. The van der Waals surface area contributed by atoms with Crippen molar-refractivity contribution < 1.29 is 33.4 Å². The van der Waals surface area contributed by atoms with Gasteiger partial charge in [-0.25, -0.2) is 9.59 Å². The minimum atomic E-state index is -1.31. The Morgan fingerprint density at radius 3 is 2.40 bits per heavy atom. The summed E-state index contributed by atoms with van der Waals surface area (Å²) in [7, 11) is 0. The Morgan fingerprint density at radius 2 is 1.80 bits per heavy atom. The normalized spacial score (nSPS) is 20.2. The second-order valence-corrected chi connectivity index (χ2v) is 8.51. The van der Waals surface area contributed by atoms with Gasteiger partial charge >= 0.3 is 12.1 Å². The number of piperidine rings is 1. The third-order valence-corrected chi connectivity index (χ3v) is 5.25. The highest BCUT2D eigenvalue weighted by Crippen LogP contribution is 2.43. The van der Waals surface area contributed by atoms with E-state index in [1.807, 2.05) is 0 Å². The van der Waals surface area contributed by atoms with Gasteiger partial charge in [-0.15, -0.1) is 0 Å². The molecule has 8 heteroatoms. The maximum Gasteiger partial charge on any atom is 0.410 e. The number of rotatable bonds is 3. The molecule has 0 bridgehead atoms. The van der Waals surface area contributed by atoms with E-state index in [0.717, 1.165) is 0 Å². The van der Waals surface area contributed by atoms with Crippen LogP contribution in [0.15, 0.2) is 24.3 Å². The van der Waals surface area contributed by atoms with Crippen LogP contribution in [-0.2, 0) is 19.1 Å². The van der Waals surface area contributed by atoms with E-state index in [0.29, 0.717) is 5.75 Å². The number of likely N-dealkylation sites (tertiary alicyclic amines) is 1. The molecule has 1 atom stereocenters. The van der Waals surface area contributed by atoms with Gasteiger partial charge in [0.2, 0.25) is 0 Å². The number of fused-ring (bicyclic) bond motifs is 1. The number of carbonyl (C=O) groups excluding carboxylic acids is 4. The van der Waals surface area contributed by atoms with Crippen LogP contribution in [0.3, 0.4) is 0 Å². The van der Waals surface area contributed by atoms with Crippen LogP contribution in [0.4, 0.5) is 4.79 Å². The summed E-state index contributed by atoms with van der Waals surface area (Å²) in [6, 6.07) is 6.66. The second-order valence-electron chi connectivity index (χ2n) is 8.51. The second kappa shape index (κ2) is 8.08. The molecule has 0 radical (unpaired) electrons. The van der Waals surface area contributed by atoms with Crippen molar-refractivity contribution in [3.05, 3.63) is 29.8 Å². The summed E-state index contributed by atoms with van der Waals surface area (Å²) in [6.45, 7) is 7.43. The van der Waals surface area contributed by atoms with E-state index in [1.165, 1.54) is 4.90 Å². The lowest BCUT2D eigenvalue weighted by Crippen LogP contribution is -2.61. The Hall–Kier alpha value is -2.90. The number of ether oxygens (including phenoxy) is 3. The van der Waals surface area contributed by atoms with Crippen LogP contribution in [0.2, 0.25) is 0 Å². The number of carbonyl (C=O) groups is 4. The van der Waals surface area contributed by atoms with Crippen molar-refractivity contribution in [3.63, 3.8) is 0 Å². The zero-order valence-corrected chi connectivity index (χ0v) is 17.7. The first-order valence-corrected chi connectivity index (χ1v) is 10.1.